The average molecular weight is 347 g/mol. The number of nitrogens with zero attached hydrogens (tertiary/aromatic N) is 1. The standard InChI is InChI=1S/C21H21N3O2/c25-20-18-8-4-5-9-19(18)23-21(24-20)22-16-10-12-17(13-11-16)26-14-15-6-2-1-3-7-15/h1-3,6-7,10-13H,4-5,8-9,14H2,(H2,22,23,24,25). The third-order valence-corrected chi connectivity index (χ3v) is 4.56. The quantitative estimate of drug-likeness (QED) is 0.733. The molecule has 5 heteroatoms. The first-order valence-corrected chi connectivity index (χ1v) is 8.94. The fraction of sp³-hybridized carbons (Fsp3) is 0.238. The molecular formula is C21H21N3O2. The van der Waals surface area contributed by atoms with E-state index in [0.717, 1.165) is 53.9 Å². The van der Waals surface area contributed by atoms with Crippen LogP contribution in [0.15, 0.2) is 59.4 Å². The third-order valence-electron chi connectivity index (χ3n) is 4.56. The van der Waals surface area contributed by atoms with Gasteiger partial charge < -0.3 is 10.1 Å². The Morgan fingerprint density at radius 3 is 2.58 bits per heavy atom. The van der Waals surface area contributed by atoms with Crippen LogP contribution in [0.2, 0.25) is 0 Å². The number of hydrogen-bond acceptors (Lipinski definition) is 4. The molecule has 0 aliphatic heterocycles. The van der Waals surface area contributed by atoms with E-state index in [1.165, 1.54) is 0 Å². The zero-order chi connectivity index (χ0) is 17.8. The number of rotatable bonds is 5. The number of fused-ring (bicyclic) bond motifs is 1. The van der Waals surface area contributed by atoms with Crippen LogP contribution in [0.1, 0.15) is 29.7 Å². The Morgan fingerprint density at radius 1 is 1.00 bits per heavy atom. The summed E-state index contributed by atoms with van der Waals surface area (Å²) in [6.07, 6.45) is 3.86. The monoisotopic (exact) mass is 347 g/mol. The molecule has 1 aliphatic rings. The minimum Gasteiger partial charge on any atom is -0.489 e. The minimum absolute atomic E-state index is 0.0278. The summed E-state index contributed by atoms with van der Waals surface area (Å²) in [5.41, 5.74) is 3.72. The number of nitrogens with one attached hydrogen (secondary N) is 2. The van der Waals surface area contributed by atoms with Crippen LogP contribution in [-0.2, 0) is 19.4 Å². The Kier molecular flexibility index (Phi) is 4.69. The highest BCUT2D eigenvalue weighted by Gasteiger charge is 2.15. The lowest BCUT2D eigenvalue weighted by Crippen LogP contribution is -2.22. The summed E-state index contributed by atoms with van der Waals surface area (Å²) >= 11 is 0. The zero-order valence-electron chi connectivity index (χ0n) is 14.5. The van der Waals surface area contributed by atoms with E-state index in [4.69, 9.17) is 4.74 Å². The molecule has 0 radical (unpaired) electrons. The Balaban J connectivity index is 1.43. The molecule has 0 fully saturated rings. The summed E-state index contributed by atoms with van der Waals surface area (Å²) in [7, 11) is 0. The number of hydrogen-bond donors (Lipinski definition) is 2. The van der Waals surface area contributed by atoms with Crippen molar-refractivity contribution in [1.29, 1.82) is 0 Å². The number of aromatic nitrogens is 2. The Hall–Kier alpha value is -3.08. The first kappa shape index (κ1) is 16.4. The predicted octanol–water partition coefficient (Wildman–Crippen LogP) is 3.97. The number of ether oxygens (including phenoxy) is 1. The molecule has 26 heavy (non-hydrogen) atoms. The highest BCUT2D eigenvalue weighted by Crippen LogP contribution is 2.21. The van der Waals surface area contributed by atoms with Gasteiger partial charge in [0, 0.05) is 11.3 Å². The number of aromatic amines is 1. The topological polar surface area (TPSA) is 67.0 Å². The van der Waals surface area contributed by atoms with Crippen molar-refractivity contribution in [3.63, 3.8) is 0 Å². The van der Waals surface area contributed by atoms with Gasteiger partial charge in [-0.05, 0) is 55.5 Å². The average Bonchev–Trinajstić information content (AvgIpc) is 2.68. The van der Waals surface area contributed by atoms with Crippen molar-refractivity contribution in [2.75, 3.05) is 5.32 Å². The molecule has 1 aromatic heterocycles. The molecular weight excluding hydrogens is 326 g/mol. The van der Waals surface area contributed by atoms with Crippen LogP contribution in [0.5, 0.6) is 5.75 Å². The largest absolute Gasteiger partial charge is 0.489 e. The maximum absolute atomic E-state index is 12.2. The van der Waals surface area contributed by atoms with Gasteiger partial charge in [-0.15, -0.1) is 0 Å². The van der Waals surface area contributed by atoms with Gasteiger partial charge in [0.15, 0.2) is 0 Å². The van der Waals surface area contributed by atoms with Gasteiger partial charge in [0.25, 0.3) is 5.56 Å². The number of aryl methyl sites for hydroxylation is 1. The van der Waals surface area contributed by atoms with Gasteiger partial charge in [-0.2, -0.15) is 0 Å². The molecule has 0 atom stereocenters. The first-order chi connectivity index (χ1) is 12.8. The molecule has 0 spiro atoms. The Morgan fingerprint density at radius 2 is 1.77 bits per heavy atom. The molecule has 5 nitrogen and oxygen atoms in total. The molecule has 0 saturated carbocycles. The second kappa shape index (κ2) is 7.44. The van der Waals surface area contributed by atoms with Gasteiger partial charge in [0.2, 0.25) is 5.95 Å². The zero-order valence-corrected chi connectivity index (χ0v) is 14.5. The smallest absolute Gasteiger partial charge is 0.255 e. The van der Waals surface area contributed by atoms with Crippen LogP contribution in [0.25, 0.3) is 0 Å². The molecule has 0 amide bonds. The van der Waals surface area contributed by atoms with Crippen molar-refractivity contribution >= 4 is 11.6 Å². The van der Waals surface area contributed by atoms with Gasteiger partial charge in [-0.3, -0.25) is 9.78 Å². The van der Waals surface area contributed by atoms with Crippen molar-refractivity contribution in [3.05, 3.63) is 81.8 Å². The van der Waals surface area contributed by atoms with Gasteiger partial charge in [0.05, 0.1) is 5.69 Å². The molecule has 1 aliphatic carbocycles. The van der Waals surface area contributed by atoms with Crippen molar-refractivity contribution in [3.8, 4) is 5.75 Å². The van der Waals surface area contributed by atoms with Crippen LogP contribution in [0.3, 0.4) is 0 Å². The van der Waals surface area contributed by atoms with E-state index in [-0.39, 0.29) is 5.56 Å². The van der Waals surface area contributed by atoms with Gasteiger partial charge in [-0.25, -0.2) is 4.98 Å². The van der Waals surface area contributed by atoms with Crippen LogP contribution in [-0.4, -0.2) is 9.97 Å². The molecule has 1 heterocycles. The molecule has 0 saturated heterocycles. The lowest BCUT2D eigenvalue weighted by atomic mass is 9.97. The lowest BCUT2D eigenvalue weighted by Gasteiger charge is -2.15. The third kappa shape index (κ3) is 3.77. The van der Waals surface area contributed by atoms with Crippen molar-refractivity contribution in [2.24, 2.45) is 0 Å². The Labute approximate surface area is 152 Å². The van der Waals surface area contributed by atoms with E-state index in [0.29, 0.717) is 12.6 Å². The molecule has 4 rings (SSSR count). The summed E-state index contributed by atoms with van der Waals surface area (Å²) in [6, 6.07) is 17.7. The van der Waals surface area contributed by atoms with Crippen molar-refractivity contribution in [2.45, 2.75) is 32.3 Å². The fourth-order valence-corrected chi connectivity index (χ4v) is 3.17. The molecule has 0 unspecified atom stereocenters. The predicted molar refractivity (Wildman–Crippen MR) is 102 cm³/mol. The van der Waals surface area contributed by atoms with E-state index >= 15 is 0 Å². The second-order valence-corrected chi connectivity index (χ2v) is 6.47. The van der Waals surface area contributed by atoms with Gasteiger partial charge in [-0.1, -0.05) is 30.3 Å². The number of benzene rings is 2. The van der Waals surface area contributed by atoms with E-state index in [1.807, 2.05) is 54.6 Å². The van der Waals surface area contributed by atoms with Gasteiger partial charge in [0.1, 0.15) is 12.4 Å². The normalized spacial score (nSPS) is 13.1. The fourth-order valence-electron chi connectivity index (χ4n) is 3.17. The Bertz CT molecular complexity index is 934. The lowest BCUT2D eigenvalue weighted by molar-refractivity contribution is 0.306. The summed E-state index contributed by atoms with van der Waals surface area (Å²) in [6.45, 7) is 0.535. The summed E-state index contributed by atoms with van der Waals surface area (Å²) in [5, 5.41) is 3.17. The molecule has 3 aromatic rings. The van der Waals surface area contributed by atoms with Crippen LogP contribution < -0.4 is 15.6 Å². The molecule has 2 aromatic carbocycles. The van der Waals surface area contributed by atoms with Crippen LogP contribution in [0.4, 0.5) is 11.6 Å². The highest BCUT2D eigenvalue weighted by molar-refractivity contribution is 5.54. The summed E-state index contributed by atoms with van der Waals surface area (Å²) < 4.78 is 5.79. The van der Waals surface area contributed by atoms with Crippen molar-refractivity contribution < 1.29 is 4.74 Å². The molecule has 132 valence electrons. The van der Waals surface area contributed by atoms with E-state index in [1.54, 1.807) is 0 Å². The van der Waals surface area contributed by atoms with Crippen molar-refractivity contribution in [1.82, 2.24) is 9.97 Å². The second-order valence-electron chi connectivity index (χ2n) is 6.47. The number of anilines is 2. The molecule has 0 bridgehead atoms. The van der Waals surface area contributed by atoms with E-state index in [2.05, 4.69) is 15.3 Å². The number of H-pyrrole nitrogens is 1. The maximum Gasteiger partial charge on any atom is 0.255 e. The SMILES string of the molecule is O=c1[nH]c(Nc2ccc(OCc3ccccc3)cc2)nc2c1CCCC2. The van der Waals surface area contributed by atoms with Crippen LogP contribution >= 0.6 is 0 Å². The van der Waals surface area contributed by atoms with E-state index in [9.17, 15) is 4.79 Å². The highest BCUT2D eigenvalue weighted by atomic mass is 16.5. The maximum atomic E-state index is 12.2. The molecule has 2 N–H and O–H groups in total. The summed E-state index contributed by atoms with van der Waals surface area (Å²) in [4.78, 5) is 19.6. The summed E-state index contributed by atoms with van der Waals surface area (Å²) in [5.74, 6) is 1.29. The first-order valence-electron chi connectivity index (χ1n) is 8.94. The van der Waals surface area contributed by atoms with Crippen LogP contribution in [0, 0.1) is 0 Å². The minimum atomic E-state index is -0.0278. The van der Waals surface area contributed by atoms with Gasteiger partial charge >= 0.3 is 0 Å². The van der Waals surface area contributed by atoms with E-state index < -0.39 is 0 Å².